The van der Waals surface area contributed by atoms with Gasteiger partial charge in [-0.15, -0.1) is 0 Å². The third-order valence-electron chi connectivity index (χ3n) is 2.11. The molecule has 0 bridgehead atoms. The Hall–Kier alpha value is -2.36. The van der Waals surface area contributed by atoms with Gasteiger partial charge in [0.15, 0.2) is 0 Å². The van der Waals surface area contributed by atoms with Crippen molar-refractivity contribution in [1.82, 2.24) is 25.2 Å². The monoisotopic (exact) mass is 284 g/mol. The summed E-state index contributed by atoms with van der Waals surface area (Å²) in [5.41, 5.74) is 2.33. The molecule has 10 nitrogen and oxygen atoms in total. The number of carbonyl (C=O) groups excluding carboxylic acids is 1. The van der Waals surface area contributed by atoms with Gasteiger partial charge in [0, 0.05) is 27.2 Å². The number of nitrogens with one attached hydrogen (secondary N) is 3. The Kier molecular flexibility index (Phi) is 6.23. The summed E-state index contributed by atoms with van der Waals surface area (Å²) in [7, 11) is 3.34. The van der Waals surface area contributed by atoms with Crippen LogP contribution in [0.15, 0.2) is 0 Å². The molecule has 1 aromatic heterocycles. The fourth-order valence-electron chi connectivity index (χ4n) is 1.20. The molecule has 112 valence electrons. The fourth-order valence-corrected chi connectivity index (χ4v) is 1.20. The van der Waals surface area contributed by atoms with Crippen molar-refractivity contribution < 1.29 is 9.53 Å². The Morgan fingerprint density at radius 2 is 1.95 bits per heavy atom. The number of amides is 2. The lowest BCUT2D eigenvalue weighted by Gasteiger charge is -2.12. The zero-order valence-electron chi connectivity index (χ0n) is 11.8. The Balaban J connectivity index is 2.50. The number of anilines is 2. The highest BCUT2D eigenvalue weighted by atomic mass is 16.5. The first-order valence-corrected chi connectivity index (χ1v) is 6.11. The van der Waals surface area contributed by atoms with E-state index in [0.29, 0.717) is 25.6 Å². The number of nitrogens with two attached hydrogens (primary N) is 1. The van der Waals surface area contributed by atoms with Gasteiger partial charge in [0.25, 0.3) is 0 Å². The Morgan fingerprint density at radius 3 is 2.55 bits per heavy atom. The maximum atomic E-state index is 11.3. The van der Waals surface area contributed by atoms with Gasteiger partial charge in [-0.05, 0) is 6.92 Å². The lowest BCUT2D eigenvalue weighted by atomic mass is 10.6. The van der Waals surface area contributed by atoms with E-state index in [4.69, 9.17) is 10.6 Å². The predicted octanol–water partition coefficient (Wildman–Crippen LogP) is -0.761. The minimum absolute atomic E-state index is 0.165. The van der Waals surface area contributed by atoms with E-state index in [-0.39, 0.29) is 18.0 Å². The number of urea groups is 1. The molecule has 0 spiro atoms. The smallest absolute Gasteiger partial charge is 0.323 e. The summed E-state index contributed by atoms with van der Waals surface area (Å²) >= 11 is 0. The number of nitrogens with zero attached hydrogens (tertiary/aromatic N) is 4. The van der Waals surface area contributed by atoms with Gasteiger partial charge >= 0.3 is 12.0 Å². The Morgan fingerprint density at radius 1 is 1.25 bits per heavy atom. The first kappa shape index (κ1) is 15.7. The van der Waals surface area contributed by atoms with Gasteiger partial charge < -0.3 is 20.3 Å². The first-order chi connectivity index (χ1) is 9.56. The number of ether oxygens (including phenoxy) is 1. The van der Waals surface area contributed by atoms with Crippen LogP contribution in [0.3, 0.4) is 0 Å². The molecule has 5 N–H and O–H groups in total. The second-order valence-corrected chi connectivity index (χ2v) is 3.90. The quantitative estimate of drug-likeness (QED) is 0.292. The van der Waals surface area contributed by atoms with Gasteiger partial charge in [-0.2, -0.15) is 15.0 Å². The summed E-state index contributed by atoms with van der Waals surface area (Å²) in [4.78, 5) is 24.7. The molecule has 0 aromatic carbocycles. The van der Waals surface area contributed by atoms with Crippen LogP contribution < -0.4 is 26.6 Å². The van der Waals surface area contributed by atoms with Crippen molar-refractivity contribution in [2.45, 2.75) is 6.92 Å². The molecule has 1 aromatic rings. The van der Waals surface area contributed by atoms with Gasteiger partial charge in [0.2, 0.25) is 11.9 Å². The molecule has 0 unspecified atom stereocenters. The largest absolute Gasteiger partial charge is 0.464 e. The van der Waals surface area contributed by atoms with Crippen LogP contribution in [0.1, 0.15) is 6.92 Å². The van der Waals surface area contributed by atoms with Gasteiger partial charge in [0.1, 0.15) is 0 Å². The number of carbonyl (C=O) groups is 1. The first-order valence-electron chi connectivity index (χ1n) is 6.11. The van der Waals surface area contributed by atoms with E-state index in [1.54, 1.807) is 14.1 Å². The summed E-state index contributed by atoms with van der Waals surface area (Å²) < 4.78 is 5.19. The van der Waals surface area contributed by atoms with Gasteiger partial charge in [-0.1, -0.05) is 0 Å². The van der Waals surface area contributed by atoms with Crippen molar-refractivity contribution in [2.24, 2.45) is 5.84 Å². The molecule has 0 atom stereocenters. The summed E-state index contributed by atoms with van der Waals surface area (Å²) in [6, 6.07) is 0.0112. The molecule has 20 heavy (non-hydrogen) atoms. The number of nitrogen functional groups attached to an aromatic ring is 1. The van der Waals surface area contributed by atoms with Crippen LogP contribution in [0.4, 0.5) is 16.7 Å². The third kappa shape index (κ3) is 5.10. The summed E-state index contributed by atoms with van der Waals surface area (Å²) in [5, 5.41) is 5.64. The van der Waals surface area contributed by atoms with Crippen LogP contribution in [-0.2, 0) is 0 Å². The molecule has 0 radical (unpaired) electrons. The maximum Gasteiger partial charge on any atom is 0.323 e. The normalized spacial score (nSPS) is 9.80. The zero-order chi connectivity index (χ0) is 15.0. The van der Waals surface area contributed by atoms with Crippen LogP contribution >= 0.6 is 0 Å². The minimum atomic E-state index is -0.165. The number of hydrazine groups is 1. The van der Waals surface area contributed by atoms with Crippen LogP contribution in [0.25, 0.3) is 0 Å². The average molecular weight is 284 g/mol. The minimum Gasteiger partial charge on any atom is -0.464 e. The standard InChI is InChI=1S/C10H20N8O2/c1-4-20-9-15-7(14-8(16-9)17-11)12-5-6-13-10(19)18(2)3/h4-6,11H2,1-3H3,(H,13,19)(H2,12,14,15,16,17). The number of aromatic nitrogens is 3. The van der Waals surface area contributed by atoms with Crippen LogP contribution in [0.5, 0.6) is 6.01 Å². The van der Waals surface area contributed by atoms with Crippen molar-refractivity contribution >= 4 is 17.9 Å². The van der Waals surface area contributed by atoms with Crippen LogP contribution in [0, 0.1) is 0 Å². The number of hydrogen-bond donors (Lipinski definition) is 4. The fraction of sp³-hybridized carbons (Fsp3) is 0.600. The lowest BCUT2D eigenvalue weighted by Crippen LogP contribution is -2.37. The van der Waals surface area contributed by atoms with E-state index in [0.717, 1.165) is 0 Å². The highest BCUT2D eigenvalue weighted by Crippen LogP contribution is 2.09. The topological polar surface area (TPSA) is 130 Å². The second kappa shape index (κ2) is 7.94. The SMILES string of the molecule is CCOc1nc(NN)nc(NCCNC(=O)N(C)C)n1. The van der Waals surface area contributed by atoms with E-state index >= 15 is 0 Å². The van der Waals surface area contributed by atoms with E-state index in [9.17, 15) is 4.79 Å². The van der Waals surface area contributed by atoms with E-state index in [2.05, 4.69) is 31.0 Å². The second-order valence-electron chi connectivity index (χ2n) is 3.90. The maximum absolute atomic E-state index is 11.3. The van der Waals surface area contributed by atoms with Crippen LogP contribution in [-0.4, -0.2) is 59.7 Å². The van der Waals surface area contributed by atoms with Crippen molar-refractivity contribution in [2.75, 3.05) is 44.5 Å². The molecule has 0 saturated heterocycles. The predicted molar refractivity (Wildman–Crippen MR) is 74.4 cm³/mol. The molecule has 10 heteroatoms. The average Bonchev–Trinajstić information content (AvgIpc) is 2.43. The Bertz CT molecular complexity index is 439. The van der Waals surface area contributed by atoms with Crippen LogP contribution in [0.2, 0.25) is 0 Å². The lowest BCUT2D eigenvalue weighted by molar-refractivity contribution is 0.218. The van der Waals surface area contributed by atoms with Crippen molar-refractivity contribution in [3.8, 4) is 6.01 Å². The molecule has 2 amide bonds. The van der Waals surface area contributed by atoms with Gasteiger partial charge in [-0.3, -0.25) is 5.43 Å². The van der Waals surface area contributed by atoms with E-state index in [1.807, 2.05) is 6.92 Å². The van der Waals surface area contributed by atoms with E-state index in [1.165, 1.54) is 4.90 Å². The molecule has 0 fully saturated rings. The van der Waals surface area contributed by atoms with E-state index < -0.39 is 0 Å². The molecule has 1 heterocycles. The summed E-state index contributed by atoms with van der Waals surface area (Å²) in [6.45, 7) is 3.15. The zero-order valence-corrected chi connectivity index (χ0v) is 11.8. The molecule has 0 aliphatic rings. The van der Waals surface area contributed by atoms with Crippen molar-refractivity contribution in [1.29, 1.82) is 0 Å². The molecular formula is C10H20N8O2. The number of hydrogen-bond acceptors (Lipinski definition) is 8. The van der Waals surface area contributed by atoms with Crippen molar-refractivity contribution in [3.63, 3.8) is 0 Å². The molecule has 0 saturated carbocycles. The molecule has 0 aliphatic heterocycles. The van der Waals surface area contributed by atoms with Gasteiger partial charge in [0.05, 0.1) is 6.61 Å². The number of rotatable bonds is 7. The van der Waals surface area contributed by atoms with Gasteiger partial charge in [-0.25, -0.2) is 10.6 Å². The van der Waals surface area contributed by atoms with Crippen molar-refractivity contribution in [3.05, 3.63) is 0 Å². The highest BCUT2D eigenvalue weighted by molar-refractivity contribution is 5.73. The third-order valence-corrected chi connectivity index (χ3v) is 2.11. The molecular weight excluding hydrogens is 264 g/mol. The summed E-state index contributed by atoms with van der Waals surface area (Å²) in [5.74, 6) is 5.78. The molecule has 1 rings (SSSR count). The Labute approximate surface area is 117 Å². The highest BCUT2D eigenvalue weighted by Gasteiger charge is 2.06. The molecule has 0 aliphatic carbocycles. The summed E-state index contributed by atoms with van der Waals surface area (Å²) in [6.07, 6.45) is 0.